The number of allylic oxidation sites excluding steroid dienone is 1. The van der Waals surface area contributed by atoms with Gasteiger partial charge >= 0.3 is 0 Å². The summed E-state index contributed by atoms with van der Waals surface area (Å²) in [5.74, 6) is 3.20. The average Bonchev–Trinajstić information content (AvgIpc) is 3.88. The number of para-hydroxylation sites is 1. The molecule has 1 unspecified atom stereocenters. The first-order valence-corrected chi connectivity index (χ1v) is 18.4. The number of nitrogens with zero attached hydrogens (tertiary/aromatic N) is 3. The normalized spacial score (nSPS) is 14.3. The van der Waals surface area contributed by atoms with Crippen LogP contribution in [0.2, 0.25) is 0 Å². The van der Waals surface area contributed by atoms with E-state index in [-0.39, 0.29) is 0 Å². The van der Waals surface area contributed by atoms with Crippen LogP contribution in [0.1, 0.15) is 30.6 Å². The lowest BCUT2D eigenvalue weighted by atomic mass is 9.90. The van der Waals surface area contributed by atoms with Gasteiger partial charge in [0.05, 0.1) is 0 Å². The molecule has 246 valence electrons. The minimum Gasteiger partial charge on any atom is -0.456 e. The summed E-state index contributed by atoms with van der Waals surface area (Å²) >= 11 is 1.80. The Kier molecular flexibility index (Phi) is 6.39. The molecule has 0 bridgehead atoms. The van der Waals surface area contributed by atoms with Crippen molar-refractivity contribution < 1.29 is 8.83 Å². The van der Waals surface area contributed by atoms with E-state index in [0.717, 1.165) is 67.5 Å². The maximum absolute atomic E-state index is 6.55. The van der Waals surface area contributed by atoms with Crippen LogP contribution in [0, 0.1) is 0 Å². The molecule has 52 heavy (non-hydrogen) atoms. The molecule has 10 aromatic rings. The summed E-state index contributed by atoms with van der Waals surface area (Å²) in [4.78, 5) is 15.5. The molecule has 11 rings (SSSR count). The fourth-order valence-electron chi connectivity index (χ4n) is 7.85. The Morgan fingerprint density at radius 3 is 2.17 bits per heavy atom. The van der Waals surface area contributed by atoms with Crippen LogP contribution < -0.4 is 0 Å². The van der Waals surface area contributed by atoms with Gasteiger partial charge in [-0.25, -0.2) is 15.0 Å². The summed E-state index contributed by atoms with van der Waals surface area (Å²) in [5.41, 5.74) is 8.55. The third kappa shape index (κ3) is 4.58. The zero-order chi connectivity index (χ0) is 34.3. The molecule has 0 fully saturated rings. The van der Waals surface area contributed by atoms with Crippen LogP contribution in [-0.2, 0) is 0 Å². The van der Waals surface area contributed by atoms with E-state index in [0.29, 0.717) is 23.4 Å². The second kappa shape index (κ2) is 11.3. The highest BCUT2D eigenvalue weighted by Gasteiger charge is 2.23. The van der Waals surface area contributed by atoms with Crippen LogP contribution >= 0.6 is 11.3 Å². The van der Waals surface area contributed by atoms with Gasteiger partial charge in [0.15, 0.2) is 17.5 Å². The molecule has 4 heterocycles. The van der Waals surface area contributed by atoms with Crippen molar-refractivity contribution in [3.63, 3.8) is 0 Å². The summed E-state index contributed by atoms with van der Waals surface area (Å²) in [7, 11) is 0. The summed E-state index contributed by atoms with van der Waals surface area (Å²) in [6.07, 6.45) is 5.33. The van der Waals surface area contributed by atoms with Crippen molar-refractivity contribution in [1.29, 1.82) is 0 Å². The van der Waals surface area contributed by atoms with Crippen LogP contribution in [-0.4, -0.2) is 15.0 Å². The predicted molar refractivity (Wildman–Crippen MR) is 214 cm³/mol. The van der Waals surface area contributed by atoms with Crippen LogP contribution in [0.15, 0.2) is 142 Å². The fourth-order valence-corrected chi connectivity index (χ4v) is 8.94. The van der Waals surface area contributed by atoms with Crippen LogP contribution in [0.4, 0.5) is 0 Å². The Balaban J connectivity index is 1.16. The minimum atomic E-state index is 0.418. The first-order valence-electron chi connectivity index (χ1n) is 17.6. The highest BCUT2D eigenvalue weighted by molar-refractivity contribution is 7.25. The van der Waals surface area contributed by atoms with Crippen LogP contribution in [0.25, 0.3) is 104 Å². The number of hydrogen-bond acceptors (Lipinski definition) is 6. The van der Waals surface area contributed by atoms with E-state index < -0.39 is 0 Å². The number of furan rings is 2. The van der Waals surface area contributed by atoms with Gasteiger partial charge in [0.1, 0.15) is 22.5 Å². The average molecular weight is 688 g/mol. The number of hydrogen-bond donors (Lipinski definition) is 0. The minimum absolute atomic E-state index is 0.418. The molecular weight excluding hydrogens is 659 g/mol. The summed E-state index contributed by atoms with van der Waals surface area (Å²) in [5, 5.41) is 5.60. The summed E-state index contributed by atoms with van der Waals surface area (Å²) in [6.45, 7) is 2.26. The quantitative estimate of drug-likeness (QED) is 0.184. The van der Waals surface area contributed by atoms with Crippen molar-refractivity contribution in [2.75, 3.05) is 0 Å². The van der Waals surface area contributed by atoms with E-state index in [1.165, 1.54) is 31.1 Å². The number of thiophene rings is 1. The molecule has 1 aliphatic rings. The number of fused-ring (bicyclic) bond motifs is 9. The van der Waals surface area contributed by atoms with Gasteiger partial charge in [-0.1, -0.05) is 91.9 Å². The maximum Gasteiger partial charge on any atom is 0.164 e. The van der Waals surface area contributed by atoms with E-state index in [9.17, 15) is 0 Å². The Bertz CT molecular complexity index is 3080. The third-order valence-electron chi connectivity index (χ3n) is 10.4. The van der Waals surface area contributed by atoms with Crippen molar-refractivity contribution in [1.82, 2.24) is 15.0 Å². The topological polar surface area (TPSA) is 65.0 Å². The molecule has 5 nitrogen and oxygen atoms in total. The van der Waals surface area contributed by atoms with Crippen molar-refractivity contribution in [2.45, 2.75) is 19.3 Å². The van der Waals surface area contributed by atoms with Gasteiger partial charge in [-0.3, -0.25) is 0 Å². The highest BCUT2D eigenvalue weighted by atomic mass is 32.1. The number of benzene rings is 6. The molecule has 0 N–H and O–H groups in total. The van der Waals surface area contributed by atoms with Crippen LogP contribution in [0.3, 0.4) is 0 Å². The monoisotopic (exact) mass is 687 g/mol. The van der Waals surface area contributed by atoms with Gasteiger partial charge in [-0.05, 0) is 78.1 Å². The lowest BCUT2D eigenvalue weighted by molar-refractivity contribution is 0.586. The fraction of sp³-hybridized carbons (Fsp3) is 0.0652. The van der Waals surface area contributed by atoms with Crippen molar-refractivity contribution in [3.8, 4) is 45.3 Å². The van der Waals surface area contributed by atoms with Gasteiger partial charge in [0.2, 0.25) is 0 Å². The SMILES string of the molecule is CC1CC=Cc2oc3cc(-c4cc(-c5nc(-c6ccccc6)nc(-c6ccc7sc8ccccc8c7c6)n5)c5c(c4)oc4ccccc45)ccc3c21. The smallest absolute Gasteiger partial charge is 0.164 e. The molecule has 4 aromatic heterocycles. The van der Waals surface area contributed by atoms with Crippen molar-refractivity contribution >= 4 is 70.5 Å². The zero-order valence-electron chi connectivity index (χ0n) is 28.1. The lowest BCUT2D eigenvalue weighted by Gasteiger charge is -2.12. The summed E-state index contributed by atoms with van der Waals surface area (Å²) < 4.78 is 15.5. The van der Waals surface area contributed by atoms with Gasteiger partial charge in [0.25, 0.3) is 0 Å². The number of rotatable bonds is 4. The second-order valence-corrected chi connectivity index (χ2v) is 14.7. The largest absolute Gasteiger partial charge is 0.456 e. The van der Waals surface area contributed by atoms with Crippen molar-refractivity contribution in [2.24, 2.45) is 0 Å². The number of aromatic nitrogens is 3. The van der Waals surface area contributed by atoms with E-state index in [1.807, 2.05) is 48.5 Å². The molecule has 0 aliphatic heterocycles. The molecule has 1 atom stereocenters. The Morgan fingerprint density at radius 1 is 0.538 bits per heavy atom. The molecular formula is C46H29N3O2S. The molecule has 6 heteroatoms. The Labute approximate surface area is 302 Å². The van der Waals surface area contributed by atoms with Gasteiger partial charge in [-0.15, -0.1) is 11.3 Å². The predicted octanol–water partition coefficient (Wildman–Crippen LogP) is 13.1. The van der Waals surface area contributed by atoms with E-state index in [4.69, 9.17) is 23.8 Å². The second-order valence-electron chi connectivity index (χ2n) is 13.6. The van der Waals surface area contributed by atoms with Gasteiger partial charge in [0, 0.05) is 58.6 Å². The maximum atomic E-state index is 6.55. The van der Waals surface area contributed by atoms with Crippen molar-refractivity contribution in [3.05, 3.63) is 145 Å². The van der Waals surface area contributed by atoms with Crippen LogP contribution in [0.5, 0.6) is 0 Å². The zero-order valence-corrected chi connectivity index (χ0v) is 28.9. The van der Waals surface area contributed by atoms with E-state index >= 15 is 0 Å². The van der Waals surface area contributed by atoms with Gasteiger partial charge in [-0.2, -0.15) is 0 Å². The lowest BCUT2D eigenvalue weighted by Crippen LogP contribution is -2.00. The van der Waals surface area contributed by atoms with E-state index in [2.05, 4.69) is 97.9 Å². The molecule has 6 aromatic carbocycles. The highest BCUT2D eigenvalue weighted by Crippen LogP contribution is 2.43. The molecule has 0 radical (unpaired) electrons. The Hall–Kier alpha value is -6.37. The first-order chi connectivity index (χ1) is 25.6. The third-order valence-corrected chi connectivity index (χ3v) is 11.5. The molecule has 0 saturated heterocycles. The molecule has 0 spiro atoms. The molecule has 0 amide bonds. The summed E-state index contributed by atoms with van der Waals surface area (Å²) in [6, 6.07) is 44.2. The first kappa shape index (κ1) is 29.4. The Morgan fingerprint density at radius 2 is 1.27 bits per heavy atom. The van der Waals surface area contributed by atoms with Gasteiger partial charge < -0.3 is 8.83 Å². The standard InChI is InChI=1S/C46H29N3O2S/c1-26-10-9-16-37-42(26)33-20-18-28(24-38(33)51-37)30-23-35(43-32-14-5-7-15-36(32)50-39(43)25-30)46-48-44(27-11-3-2-4-12-27)47-45(49-46)29-19-21-41-34(22-29)31-13-6-8-17-40(31)52-41/h2-9,11-26H,10H2,1H3. The molecule has 1 aliphatic carbocycles. The van der Waals surface area contributed by atoms with E-state index in [1.54, 1.807) is 11.3 Å². The molecule has 0 saturated carbocycles.